The summed E-state index contributed by atoms with van der Waals surface area (Å²) < 4.78 is 39.9. The van der Waals surface area contributed by atoms with E-state index in [-0.39, 0.29) is 64.2 Å². The highest BCUT2D eigenvalue weighted by molar-refractivity contribution is 6.32. The lowest BCUT2D eigenvalue weighted by atomic mass is 9.86. The highest BCUT2D eigenvalue weighted by Gasteiger charge is 2.52. The number of phenolic OH excluding ortho intramolecular Hbond substituents is 3. The van der Waals surface area contributed by atoms with Crippen LogP contribution in [0.4, 0.5) is 0 Å². The van der Waals surface area contributed by atoms with Gasteiger partial charge in [-0.05, 0) is 116 Å². The van der Waals surface area contributed by atoms with Crippen LogP contribution < -0.4 is 68.2 Å². The first-order valence-electron chi connectivity index (χ1n) is 34.0. The van der Waals surface area contributed by atoms with Crippen molar-refractivity contribution in [3.05, 3.63) is 129 Å². The van der Waals surface area contributed by atoms with E-state index >= 15 is 19.2 Å². The van der Waals surface area contributed by atoms with Crippen molar-refractivity contribution in [1.29, 1.82) is 0 Å². The van der Waals surface area contributed by atoms with E-state index in [9.17, 15) is 65.1 Å². The van der Waals surface area contributed by atoms with Gasteiger partial charge < -0.3 is 128 Å². The molecule has 38 heteroatoms. The van der Waals surface area contributed by atoms with Gasteiger partial charge in [0.1, 0.15) is 101 Å². The van der Waals surface area contributed by atoms with Crippen molar-refractivity contribution in [1.82, 2.24) is 57.5 Å². The van der Waals surface area contributed by atoms with Crippen LogP contribution in [0, 0.1) is 5.92 Å². The molecule has 7 aliphatic heterocycles. The standard InChI is InChI=1S/C70H81Cl2N13O23/c1-26(2)13-38(75-5)62(96)81-53-55(91)29-8-11-42(36(71)15-29)104-44-17-31-18-45(59(44)108-69-60(58(94)57(93)46(25-86)106-69)107-48-22-70(4,74)61(95)27(3)103-48)105-43-12-9-30(16-37(43)72)56(92)54-68(102)80-52(64(98)76-23-32-24-85(6)84-83-32)35-19-33(87)20-41(89)49(35)34-14-28(7-10-40(34)88)50(65(99)82-54)79-66(100)51(31)78-63(97)39(21-47(73)90)77-67(53)101/h7-12,14-20,24,26-27,38-39,46,48,50-58,60-61,69,75,86-89,91-95H,13,21-23,25,74H2,1-6H3,(H2,73,90)(H,76,98)(H,77,101)(H,78,97)(H,79,100)(H,80,102)(H,81,96)(H,82,99)/t27-,38+,39-,46+,48-,50+,51+,52-,53+,54-,55+,56+,57+,58-,60+,61+,69-,70-/m0/s1. The van der Waals surface area contributed by atoms with Crippen LogP contribution >= 0.6 is 23.2 Å². The van der Waals surface area contributed by atoms with E-state index < -0.39 is 231 Å². The maximum absolute atomic E-state index is 16.2. The van der Waals surface area contributed by atoms with Gasteiger partial charge in [-0.2, -0.15) is 0 Å². The Labute approximate surface area is 624 Å². The SMILES string of the molecule is CN[C@H](CC(C)C)C(=O)N[C@H]1C(=O)N[C@@H](CC(N)=O)C(=O)N[C@H]2C(=O)N[C@H]3C(=O)N[C@H](C(=O)N[C@H](C(=O)NCc4cn(C)nn4)c4cc(O)cc(O)c4-c4cc3ccc4O)[C@H](O)c3ccc(c(Cl)c3)Oc3cc2cc(c3O[C@@H]2O[C@H](CO)[C@@H](O)[C@H](O)[C@H]2O[C@H]2C[C@](C)(N)[C@H](O)[C@H](C)O2)Oc2ccc(cc2Cl)[C@H]1O. The second-order valence-corrected chi connectivity index (χ2v) is 28.3. The largest absolute Gasteiger partial charge is 0.508 e. The molecule has 7 aliphatic rings. The number of carbonyl (C=O) groups is 8. The molecule has 36 nitrogen and oxygen atoms in total. The molecule has 2 saturated heterocycles. The number of nitrogens with one attached hydrogen (secondary N) is 8. The van der Waals surface area contributed by atoms with Gasteiger partial charge in [0.25, 0.3) is 0 Å². The summed E-state index contributed by atoms with van der Waals surface area (Å²) in [5.41, 5.74) is 8.68. The Morgan fingerprint density at radius 1 is 0.750 bits per heavy atom. The van der Waals surface area contributed by atoms with E-state index in [1.165, 1.54) is 50.0 Å². The number of primary amides is 1. The van der Waals surface area contributed by atoms with Crippen LogP contribution in [0.5, 0.6) is 46.0 Å². The first-order chi connectivity index (χ1) is 51.1. The number of aromatic nitrogens is 3. The molecule has 0 unspecified atom stereocenters. The summed E-state index contributed by atoms with van der Waals surface area (Å²) in [6.45, 7) is 5.35. The Balaban J connectivity index is 1.15. The molecule has 6 aromatic rings. The molecule has 0 saturated carbocycles. The summed E-state index contributed by atoms with van der Waals surface area (Å²) in [7, 11) is 3.03. The molecule has 578 valence electrons. The number of aromatic hydroxyl groups is 3. The first kappa shape index (κ1) is 79.0. The molecular weight excluding hydrogens is 1460 g/mol. The smallest absolute Gasteiger partial charge is 0.248 e. The number of halogens is 2. The van der Waals surface area contributed by atoms with Crippen LogP contribution in [-0.2, 0) is 66.2 Å². The second kappa shape index (κ2) is 32.4. The third kappa shape index (κ3) is 16.9. The minimum Gasteiger partial charge on any atom is -0.508 e. The number of carbonyl (C=O) groups excluding carboxylic acids is 8. The molecule has 21 N–H and O–H groups in total. The van der Waals surface area contributed by atoms with Crippen molar-refractivity contribution in [2.45, 2.75) is 163 Å². The zero-order valence-corrected chi connectivity index (χ0v) is 60.0. The Bertz CT molecular complexity index is 4470. The lowest BCUT2D eigenvalue weighted by Crippen LogP contribution is -2.64. The molecule has 8 heterocycles. The van der Waals surface area contributed by atoms with Crippen LogP contribution in [0.15, 0.2) is 85.1 Å². The summed E-state index contributed by atoms with van der Waals surface area (Å²) in [6.07, 6.45) is -17.1. The zero-order valence-electron chi connectivity index (χ0n) is 58.5. The summed E-state index contributed by atoms with van der Waals surface area (Å²) in [4.78, 5) is 120. The van der Waals surface area contributed by atoms with Gasteiger partial charge in [-0.25, -0.2) is 0 Å². The lowest BCUT2D eigenvalue weighted by molar-refractivity contribution is -0.333. The molecule has 18 atom stereocenters. The zero-order chi connectivity index (χ0) is 78.2. The number of hydrogen-bond acceptors (Lipinski definition) is 27. The fourth-order valence-corrected chi connectivity index (χ4v) is 13.7. The van der Waals surface area contributed by atoms with Crippen molar-refractivity contribution < 1.29 is 113 Å². The van der Waals surface area contributed by atoms with Gasteiger partial charge >= 0.3 is 0 Å². The van der Waals surface area contributed by atoms with Crippen molar-refractivity contribution in [3.63, 3.8) is 0 Å². The number of phenols is 3. The average Bonchev–Trinajstić information content (AvgIpc) is 0.780. The number of fused-ring (bicyclic) bond motifs is 15. The fourth-order valence-electron chi connectivity index (χ4n) is 13.3. The predicted octanol–water partition coefficient (Wildman–Crippen LogP) is -0.534. The quantitative estimate of drug-likeness (QED) is 0.0614. The van der Waals surface area contributed by atoms with Gasteiger partial charge in [-0.3, -0.25) is 43.0 Å². The first-order valence-corrected chi connectivity index (χ1v) is 34.7. The minimum atomic E-state index is -2.35. The van der Waals surface area contributed by atoms with Crippen molar-refractivity contribution >= 4 is 70.5 Å². The third-order valence-corrected chi connectivity index (χ3v) is 19.5. The number of aliphatic hydroxyl groups is 6. The Kier molecular flexibility index (Phi) is 23.7. The van der Waals surface area contributed by atoms with Gasteiger partial charge in [0, 0.05) is 42.4 Å². The number of aryl methyl sites for hydroxylation is 1. The van der Waals surface area contributed by atoms with Crippen LogP contribution in [0.25, 0.3) is 11.1 Å². The topological polar surface area (TPSA) is 553 Å². The number of hydrogen-bond donors (Lipinski definition) is 19. The van der Waals surface area contributed by atoms with Crippen LogP contribution in [0.2, 0.25) is 10.0 Å². The predicted molar refractivity (Wildman–Crippen MR) is 375 cm³/mol. The number of nitrogens with two attached hydrogens (primary N) is 2. The van der Waals surface area contributed by atoms with E-state index in [0.717, 1.165) is 60.7 Å². The summed E-state index contributed by atoms with van der Waals surface area (Å²) in [5, 5.41) is 132. The Morgan fingerprint density at radius 3 is 1.98 bits per heavy atom. The fraction of sp³-hybridized carbons (Fsp3) is 0.429. The molecule has 2 fully saturated rings. The van der Waals surface area contributed by atoms with Crippen molar-refractivity contribution in [2.24, 2.45) is 24.4 Å². The highest BCUT2D eigenvalue weighted by atomic mass is 35.5. The van der Waals surface area contributed by atoms with E-state index in [1.807, 2.05) is 13.8 Å². The molecular formula is C70H81Cl2N13O23. The maximum Gasteiger partial charge on any atom is 0.248 e. The summed E-state index contributed by atoms with van der Waals surface area (Å²) >= 11 is 14.2. The van der Waals surface area contributed by atoms with Crippen molar-refractivity contribution in [3.8, 4) is 57.1 Å². The van der Waals surface area contributed by atoms with Gasteiger partial charge in [0.2, 0.25) is 59.3 Å². The summed E-state index contributed by atoms with van der Waals surface area (Å²) in [6, 6.07) is 0.105. The van der Waals surface area contributed by atoms with Gasteiger partial charge in [-0.15, -0.1) is 5.10 Å². The number of likely N-dealkylation sites (N-methyl/N-ethyl adjacent to an activating group) is 1. The average molecular weight is 1540 g/mol. The van der Waals surface area contributed by atoms with E-state index in [1.54, 1.807) is 7.05 Å². The maximum atomic E-state index is 16.2. The molecule has 5 aromatic carbocycles. The van der Waals surface area contributed by atoms with E-state index in [4.69, 9.17) is 63.1 Å². The minimum absolute atomic E-state index is 0.0992. The van der Waals surface area contributed by atoms with E-state index in [2.05, 4.69) is 52.8 Å². The van der Waals surface area contributed by atoms with Crippen LogP contribution in [0.3, 0.4) is 0 Å². The Morgan fingerprint density at radius 2 is 1.38 bits per heavy atom. The summed E-state index contributed by atoms with van der Waals surface area (Å²) in [5.74, 6) is -14.9. The molecule has 8 amide bonds. The molecule has 0 aliphatic carbocycles. The number of nitrogens with zero attached hydrogens (tertiary/aromatic N) is 3. The van der Waals surface area contributed by atoms with E-state index in [0.29, 0.717) is 0 Å². The molecule has 0 spiro atoms. The molecule has 1 aromatic heterocycles. The van der Waals surface area contributed by atoms with Crippen molar-refractivity contribution in [2.75, 3.05) is 13.7 Å². The normalized spacial score (nSPS) is 28.3. The number of aliphatic hydroxyl groups excluding tert-OH is 6. The number of ether oxygens (including phenoxy) is 6. The monoisotopic (exact) mass is 1540 g/mol. The third-order valence-electron chi connectivity index (χ3n) is 18.9. The van der Waals surface area contributed by atoms with Gasteiger partial charge in [0.05, 0.1) is 47.9 Å². The second-order valence-electron chi connectivity index (χ2n) is 27.5. The van der Waals surface area contributed by atoms with Crippen LogP contribution in [0.1, 0.15) is 111 Å². The van der Waals surface area contributed by atoms with Gasteiger partial charge in [0.15, 0.2) is 23.9 Å². The number of benzene rings is 5. The molecule has 11 bridgehead atoms. The number of amides is 8. The van der Waals surface area contributed by atoms with Crippen LogP contribution in [-0.4, -0.2) is 201 Å². The highest BCUT2D eigenvalue weighted by Crippen LogP contribution is 2.50. The lowest BCUT2D eigenvalue weighted by Gasteiger charge is -2.47. The molecule has 108 heavy (non-hydrogen) atoms. The number of rotatable bonds is 15. The Hall–Kier alpha value is -10.1. The molecule has 13 rings (SSSR count). The van der Waals surface area contributed by atoms with Gasteiger partial charge in [-0.1, -0.05) is 60.5 Å². The molecule has 0 radical (unpaired) electrons.